The van der Waals surface area contributed by atoms with E-state index in [9.17, 15) is 9.18 Å². The van der Waals surface area contributed by atoms with Crippen molar-refractivity contribution in [3.8, 4) is 0 Å². The predicted octanol–water partition coefficient (Wildman–Crippen LogP) is 3.79. The Morgan fingerprint density at radius 2 is 1.91 bits per heavy atom. The van der Waals surface area contributed by atoms with Gasteiger partial charge in [-0.2, -0.15) is 0 Å². The van der Waals surface area contributed by atoms with Crippen LogP contribution in [0.2, 0.25) is 0 Å². The van der Waals surface area contributed by atoms with Gasteiger partial charge in [0.25, 0.3) is 0 Å². The average Bonchev–Trinajstić information content (AvgIpc) is 3.45. The number of aromatic amines is 1. The number of amides is 1. The summed E-state index contributed by atoms with van der Waals surface area (Å²) in [5.74, 6) is 0.705. The Kier molecular flexibility index (Phi) is 5.43. The average molecular weight is 433 g/mol. The fraction of sp³-hybridized carbons (Fsp3) is 0.333. The fourth-order valence-electron chi connectivity index (χ4n) is 4.70. The minimum Gasteiger partial charge on any atom is -0.361 e. The Balaban J connectivity index is 1.33. The van der Waals surface area contributed by atoms with Crippen molar-refractivity contribution in [3.63, 3.8) is 0 Å². The van der Waals surface area contributed by atoms with Gasteiger partial charge in [-0.05, 0) is 65.4 Å². The van der Waals surface area contributed by atoms with E-state index in [1.165, 1.54) is 23.1 Å². The zero-order valence-corrected chi connectivity index (χ0v) is 17.9. The molecule has 0 aliphatic carbocycles. The minimum atomic E-state index is -0.555. The molecule has 1 atom stereocenters. The number of tetrazole rings is 1. The minimum absolute atomic E-state index is 0.00195. The molecule has 1 fully saturated rings. The number of hydrogen-bond acceptors (Lipinski definition) is 4. The number of hydrogen-bond donors (Lipinski definition) is 1. The Labute approximate surface area is 185 Å². The van der Waals surface area contributed by atoms with E-state index in [0.717, 1.165) is 23.9 Å². The van der Waals surface area contributed by atoms with Crippen molar-refractivity contribution in [2.45, 2.75) is 38.1 Å². The van der Waals surface area contributed by atoms with Crippen LogP contribution in [0.15, 0.2) is 54.7 Å². The first-order chi connectivity index (χ1) is 15.6. The number of para-hydroxylation sites is 1. The number of halogens is 1. The van der Waals surface area contributed by atoms with Crippen LogP contribution in [0.1, 0.15) is 41.8 Å². The number of rotatable bonds is 5. The van der Waals surface area contributed by atoms with Gasteiger partial charge in [-0.15, -0.1) is 5.10 Å². The number of H-pyrrole nitrogens is 1. The van der Waals surface area contributed by atoms with Crippen LogP contribution in [0.5, 0.6) is 0 Å². The molecule has 2 aromatic carbocycles. The molecule has 1 aliphatic heterocycles. The molecule has 0 saturated carbocycles. The standard InChI is InChI=1S/C24H25FN6O/c1-16-27-28-29-31(16)23(14-17-6-8-19(25)9-7-17)24(32)30-12-10-18(11-13-30)21-15-26-22-5-3-2-4-20(21)22/h2-9,15,18,23,26H,10-14H2,1H3. The number of carbonyl (C=O) groups excluding carboxylic acids is 1. The van der Waals surface area contributed by atoms with Gasteiger partial charge < -0.3 is 9.88 Å². The summed E-state index contributed by atoms with van der Waals surface area (Å²) in [6.07, 6.45) is 4.33. The number of benzene rings is 2. The molecule has 164 valence electrons. The van der Waals surface area contributed by atoms with Crippen LogP contribution in [-0.2, 0) is 11.2 Å². The van der Waals surface area contributed by atoms with E-state index in [-0.39, 0.29) is 11.7 Å². The zero-order valence-electron chi connectivity index (χ0n) is 17.9. The van der Waals surface area contributed by atoms with E-state index < -0.39 is 6.04 Å². The molecule has 0 radical (unpaired) electrons. The van der Waals surface area contributed by atoms with Crippen LogP contribution in [0.4, 0.5) is 4.39 Å². The highest BCUT2D eigenvalue weighted by Gasteiger charge is 2.32. The molecule has 2 aromatic heterocycles. The summed E-state index contributed by atoms with van der Waals surface area (Å²) in [4.78, 5) is 18.8. The van der Waals surface area contributed by atoms with Gasteiger partial charge in [0.15, 0.2) is 0 Å². The molecule has 1 saturated heterocycles. The first-order valence-corrected chi connectivity index (χ1v) is 10.9. The number of piperidine rings is 1. The van der Waals surface area contributed by atoms with Gasteiger partial charge in [-0.1, -0.05) is 30.3 Å². The van der Waals surface area contributed by atoms with Crippen molar-refractivity contribution in [1.29, 1.82) is 0 Å². The maximum Gasteiger partial charge on any atom is 0.247 e. The summed E-state index contributed by atoms with van der Waals surface area (Å²) in [6.45, 7) is 3.16. The maximum absolute atomic E-state index is 13.6. The van der Waals surface area contributed by atoms with E-state index >= 15 is 0 Å². The Morgan fingerprint density at radius 1 is 1.16 bits per heavy atom. The van der Waals surface area contributed by atoms with Crippen LogP contribution in [-0.4, -0.2) is 49.1 Å². The Morgan fingerprint density at radius 3 is 2.62 bits per heavy atom. The number of fused-ring (bicyclic) bond motifs is 1. The highest BCUT2D eigenvalue weighted by Crippen LogP contribution is 2.34. The topological polar surface area (TPSA) is 79.7 Å². The highest BCUT2D eigenvalue weighted by atomic mass is 19.1. The monoisotopic (exact) mass is 432 g/mol. The molecular weight excluding hydrogens is 407 g/mol. The van der Waals surface area contributed by atoms with Crippen LogP contribution >= 0.6 is 0 Å². The third-order valence-corrected chi connectivity index (χ3v) is 6.45. The summed E-state index contributed by atoms with van der Waals surface area (Å²) in [5, 5.41) is 13.0. The summed E-state index contributed by atoms with van der Waals surface area (Å²) in [7, 11) is 0. The quantitative estimate of drug-likeness (QED) is 0.520. The SMILES string of the molecule is Cc1nnnn1C(Cc1ccc(F)cc1)C(=O)N1CCC(c2c[nH]c3ccccc23)CC1. The van der Waals surface area contributed by atoms with Gasteiger partial charge in [0.1, 0.15) is 17.7 Å². The number of nitrogens with zero attached hydrogens (tertiary/aromatic N) is 5. The molecule has 4 aromatic rings. The molecule has 8 heteroatoms. The van der Waals surface area contributed by atoms with Gasteiger partial charge in [0, 0.05) is 36.6 Å². The third kappa shape index (κ3) is 3.88. The summed E-state index contributed by atoms with van der Waals surface area (Å²) < 4.78 is 14.9. The van der Waals surface area contributed by atoms with Crippen molar-refractivity contribution in [3.05, 3.63) is 77.5 Å². The lowest BCUT2D eigenvalue weighted by molar-refractivity contribution is -0.136. The summed E-state index contributed by atoms with van der Waals surface area (Å²) in [6, 6.07) is 14.0. The van der Waals surface area contributed by atoms with Crippen LogP contribution in [0.3, 0.4) is 0 Å². The van der Waals surface area contributed by atoms with E-state index in [2.05, 4.69) is 44.9 Å². The van der Waals surface area contributed by atoms with Gasteiger partial charge in [0.2, 0.25) is 5.91 Å². The molecule has 5 rings (SSSR count). The number of aryl methyl sites for hydroxylation is 1. The van der Waals surface area contributed by atoms with E-state index in [1.54, 1.807) is 23.7 Å². The Bertz CT molecular complexity index is 1220. The molecule has 3 heterocycles. The lowest BCUT2D eigenvalue weighted by Crippen LogP contribution is -2.43. The number of likely N-dealkylation sites (tertiary alicyclic amines) is 1. The molecule has 7 nitrogen and oxygen atoms in total. The van der Waals surface area contributed by atoms with Gasteiger partial charge in [-0.25, -0.2) is 9.07 Å². The van der Waals surface area contributed by atoms with Crippen molar-refractivity contribution >= 4 is 16.8 Å². The predicted molar refractivity (Wildman–Crippen MR) is 119 cm³/mol. The third-order valence-electron chi connectivity index (χ3n) is 6.45. The van der Waals surface area contributed by atoms with Crippen molar-refractivity contribution in [1.82, 2.24) is 30.1 Å². The maximum atomic E-state index is 13.6. The first-order valence-electron chi connectivity index (χ1n) is 10.9. The second-order valence-corrected chi connectivity index (χ2v) is 8.41. The Hall–Kier alpha value is -3.55. The summed E-state index contributed by atoms with van der Waals surface area (Å²) in [5.41, 5.74) is 3.34. The van der Waals surface area contributed by atoms with Crippen LogP contribution < -0.4 is 0 Å². The van der Waals surface area contributed by atoms with E-state index in [1.807, 2.05) is 11.0 Å². The van der Waals surface area contributed by atoms with Crippen molar-refractivity contribution in [2.75, 3.05) is 13.1 Å². The number of aromatic nitrogens is 5. The second kappa shape index (κ2) is 8.53. The van der Waals surface area contributed by atoms with Gasteiger partial charge in [-0.3, -0.25) is 4.79 Å². The number of carbonyl (C=O) groups is 1. The normalized spacial score (nSPS) is 15.9. The van der Waals surface area contributed by atoms with Crippen molar-refractivity contribution < 1.29 is 9.18 Å². The molecule has 32 heavy (non-hydrogen) atoms. The van der Waals surface area contributed by atoms with Crippen molar-refractivity contribution in [2.24, 2.45) is 0 Å². The lowest BCUT2D eigenvalue weighted by atomic mass is 9.89. The molecular formula is C24H25FN6O. The van der Waals surface area contributed by atoms with Gasteiger partial charge >= 0.3 is 0 Å². The molecule has 0 bridgehead atoms. The van der Waals surface area contributed by atoms with E-state index in [4.69, 9.17) is 0 Å². The van der Waals surface area contributed by atoms with Crippen LogP contribution in [0.25, 0.3) is 10.9 Å². The van der Waals surface area contributed by atoms with Crippen LogP contribution in [0, 0.1) is 12.7 Å². The zero-order chi connectivity index (χ0) is 22.1. The molecule has 1 amide bonds. The number of nitrogens with one attached hydrogen (secondary N) is 1. The highest BCUT2D eigenvalue weighted by molar-refractivity contribution is 5.84. The molecule has 1 unspecified atom stereocenters. The smallest absolute Gasteiger partial charge is 0.247 e. The van der Waals surface area contributed by atoms with Gasteiger partial charge in [0.05, 0.1) is 0 Å². The second-order valence-electron chi connectivity index (χ2n) is 8.41. The summed E-state index contributed by atoms with van der Waals surface area (Å²) >= 11 is 0. The fourth-order valence-corrected chi connectivity index (χ4v) is 4.70. The first kappa shape index (κ1) is 20.4. The lowest BCUT2D eigenvalue weighted by Gasteiger charge is -2.34. The molecule has 1 aliphatic rings. The molecule has 0 spiro atoms. The van der Waals surface area contributed by atoms with E-state index in [0.29, 0.717) is 31.3 Å². The molecule has 1 N–H and O–H groups in total. The largest absolute Gasteiger partial charge is 0.361 e.